The molecule has 2 heterocycles. The molecular formula is C27H43FN6O3. The topological polar surface area (TPSA) is 99.1 Å². The van der Waals surface area contributed by atoms with Gasteiger partial charge in [0.2, 0.25) is 0 Å². The van der Waals surface area contributed by atoms with Gasteiger partial charge in [-0.05, 0) is 44.5 Å². The molecule has 0 spiro atoms. The summed E-state index contributed by atoms with van der Waals surface area (Å²) in [7, 11) is 5.80. The molecule has 0 bridgehead atoms. The predicted octanol–water partition coefficient (Wildman–Crippen LogP) is 3.39. The lowest BCUT2D eigenvalue weighted by molar-refractivity contribution is -0.173. The third-order valence-electron chi connectivity index (χ3n) is 7.46. The van der Waals surface area contributed by atoms with E-state index in [-0.39, 0.29) is 18.3 Å². The van der Waals surface area contributed by atoms with Crippen LogP contribution in [0.25, 0.3) is 0 Å². The molecule has 0 aliphatic carbocycles. The molecule has 206 valence electrons. The standard InChI is InChI=1S/C27H43FN6O3/c1-6-25-33(4)22(11-14-32(3)23-15-19(2)37-26(35)16-23)18-34(25)24(17-28)27(36-5)20-7-9-21(10-8-20)30-12-13-31-29/h7-10,12-13,18-19,23-27,35H,6,11,14-17,29H2,1-5H3/b30-12?,31-13-/t19-,23+,24-,25?,26-,27-/m1/s1. The first kappa shape index (κ1) is 29.0. The summed E-state index contributed by atoms with van der Waals surface area (Å²) in [5.41, 5.74) is 2.81. The van der Waals surface area contributed by atoms with Crippen molar-refractivity contribution in [2.75, 3.05) is 34.4 Å². The second-order valence-electron chi connectivity index (χ2n) is 9.87. The largest absolute Gasteiger partial charge is 0.374 e. The quantitative estimate of drug-likeness (QED) is 0.249. The van der Waals surface area contributed by atoms with Crippen LogP contribution in [0.5, 0.6) is 0 Å². The van der Waals surface area contributed by atoms with Gasteiger partial charge in [0, 0.05) is 57.7 Å². The zero-order valence-electron chi connectivity index (χ0n) is 22.7. The van der Waals surface area contributed by atoms with Crippen LogP contribution in [0.4, 0.5) is 10.1 Å². The number of methoxy groups -OCH3 is 1. The smallest absolute Gasteiger partial charge is 0.156 e. The normalized spacial score (nSPS) is 26.4. The number of benzene rings is 1. The minimum Gasteiger partial charge on any atom is -0.374 e. The van der Waals surface area contributed by atoms with Crippen LogP contribution in [0, 0.1) is 0 Å². The second kappa shape index (κ2) is 13.9. The number of rotatable bonds is 12. The van der Waals surface area contributed by atoms with Gasteiger partial charge in [0.05, 0.1) is 24.0 Å². The van der Waals surface area contributed by atoms with Gasteiger partial charge in [0.15, 0.2) is 6.29 Å². The van der Waals surface area contributed by atoms with E-state index in [0.29, 0.717) is 6.42 Å². The number of aliphatic hydroxyl groups is 1. The van der Waals surface area contributed by atoms with Crippen molar-refractivity contribution in [2.24, 2.45) is 15.9 Å². The monoisotopic (exact) mass is 518 g/mol. The molecule has 2 aliphatic rings. The number of aliphatic imine (C=N–C) groups is 1. The summed E-state index contributed by atoms with van der Waals surface area (Å²) in [6, 6.07) is 7.39. The number of hydrazone groups is 1. The molecule has 1 saturated heterocycles. The third kappa shape index (κ3) is 7.28. The molecule has 9 nitrogen and oxygen atoms in total. The molecule has 0 amide bonds. The Morgan fingerprint density at radius 1 is 1.30 bits per heavy atom. The number of alkyl halides is 1. The summed E-state index contributed by atoms with van der Waals surface area (Å²) in [5.74, 6) is 5.10. The Hall–Kier alpha value is -2.53. The van der Waals surface area contributed by atoms with Crippen molar-refractivity contribution < 1.29 is 19.0 Å². The molecule has 3 N–H and O–H groups in total. The van der Waals surface area contributed by atoms with Crippen molar-refractivity contribution in [3.63, 3.8) is 0 Å². The summed E-state index contributed by atoms with van der Waals surface area (Å²) < 4.78 is 26.0. The lowest BCUT2D eigenvalue weighted by Gasteiger charge is -2.39. The highest BCUT2D eigenvalue weighted by molar-refractivity contribution is 6.16. The van der Waals surface area contributed by atoms with Gasteiger partial charge < -0.3 is 35.1 Å². The van der Waals surface area contributed by atoms with Crippen LogP contribution in [-0.2, 0) is 9.47 Å². The van der Waals surface area contributed by atoms with Crippen molar-refractivity contribution in [1.82, 2.24) is 14.7 Å². The van der Waals surface area contributed by atoms with Crippen molar-refractivity contribution >= 4 is 18.1 Å². The number of nitrogens with zero attached hydrogens (tertiary/aromatic N) is 5. The van der Waals surface area contributed by atoms with Crippen LogP contribution in [0.3, 0.4) is 0 Å². The lowest BCUT2D eigenvalue weighted by atomic mass is 10.0. The van der Waals surface area contributed by atoms with E-state index in [0.717, 1.165) is 37.1 Å². The number of ether oxygens (including phenoxy) is 2. The molecule has 10 heteroatoms. The van der Waals surface area contributed by atoms with Gasteiger partial charge in [0.1, 0.15) is 18.9 Å². The molecule has 0 saturated carbocycles. The van der Waals surface area contributed by atoms with E-state index < -0.39 is 25.1 Å². The Morgan fingerprint density at radius 3 is 2.62 bits per heavy atom. The SMILES string of the molecule is CCC1N(C)C(CCN(C)[C@H]2C[C@@H](C)O[C@@H](O)C2)=CN1[C@H](CF)[C@H](OC)c1ccc(N=C/C=N\N)cc1. The summed E-state index contributed by atoms with van der Waals surface area (Å²) in [4.78, 5) is 10.9. The summed E-state index contributed by atoms with van der Waals surface area (Å²) >= 11 is 0. The van der Waals surface area contributed by atoms with E-state index in [1.807, 2.05) is 31.2 Å². The average molecular weight is 519 g/mol. The maximum absolute atomic E-state index is 14.6. The van der Waals surface area contributed by atoms with Crippen LogP contribution in [0.2, 0.25) is 0 Å². The fourth-order valence-corrected chi connectivity index (χ4v) is 5.45. The molecule has 1 aromatic carbocycles. The zero-order valence-corrected chi connectivity index (χ0v) is 22.7. The van der Waals surface area contributed by atoms with Crippen LogP contribution in [0.1, 0.15) is 51.2 Å². The Morgan fingerprint density at radius 2 is 2.03 bits per heavy atom. The Bertz CT molecular complexity index is 917. The molecular weight excluding hydrogens is 475 g/mol. The highest BCUT2D eigenvalue weighted by Crippen LogP contribution is 2.34. The number of halogens is 1. The minimum absolute atomic E-state index is 0.0430. The van der Waals surface area contributed by atoms with Gasteiger partial charge in [0.25, 0.3) is 0 Å². The second-order valence-corrected chi connectivity index (χ2v) is 9.87. The summed E-state index contributed by atoms with van der Waals surface area (Å²) in [6.45, 7) is 4.42. The maximum atomic E-state index is 14.6. The Balaban J connectivity index is 1.73. The van der Waals surface area contributed by atoms with Crippen LogP contribution in [-0.4, -0.2) is 97.3 Å². The number of nitrogens with two attached hydrogens (primary N) is 1. The van der Waals surface area contributed by atoms with E-state index >= 15 is 0 Å². The van der Waals surface area contributed by atoms with Gasteiger partial charge in [-0.2, -0.15) is 5.10 Å². The highest BCUT2D eigenvalue weighted by atomic mass is 19.1. The van der Waals surface area contributed by atoms with E-state index in [1.54, 1.807) is 7.11 Å². The maximum Gasteiger partial charge on any atom is 0.156 e. The van der Waals surface area contributed by atoms with Crippen LogP contribution < -0.4 is 5.84 Å². The highest BCUT2D eigenvalue weighted by Gasteiger charge is 2.37. The first-order valence-corrected chi connectivity index (χ1v) is 13.0. The zero-order chi connectivity index (χ0) is 26.9. The van der Waals surface area contributed by atoms with Gasteiger partial charge in [-0.25, -0.2) is 4.39 Å². The molecule has 0 aromatic heterocycles. The molecule has 3 rings (SSSR count). The molecule has 2 aliphatic heterocycles. The lowest BCUT2D eigenvalue weighted by Crippen LogP contribution is -2.47. The number of aliphatic hydroxyl groups excluding tert-OH is 1. The molecule has 37 heavy (non-hydrogen) atoms. The number of hydrogen-bond donors (Lipinski definition) is 2. The molecule has 0 radical (unpaired) electrons. The van der Waals surface area contributed by atoms with E-state index in [2.05, 4.69) is 52.0 Å². The fraction of sp³-hybridized carbons (Fsp3) is 0.630. The summed E-state index contributed by atoms with van der Waals surface area (Å²) in [6.07, 6.45) is 7.16. The van der Waals surface area contributed by atoms with Crippen LogP contribution in [0.15, 0.2) is 46.3 Å². The van der Waals surface area contributed by atoms with Crippen molar-refractivity contribution in [2.45, 2.75) is 76.3 Å². The van der Waals surface area contributed by atoms with Gasteiger partial charge >= 0.3 is 0 Å². The molecule has 1 fully saturated rings. The van der Waals surface area contributed by atoms with Crippen molar-refractivity contribution in [1.29, 1.82) is 0 Å². The first-order valence-electron chi connectivity index (χ1n) is 13.0. The molecule has 1 aromatic rings. The molecule has 6 atom stereocenters. The Labute approximate surface area is 220 Å². The minimum atomic E-state index is -0.707. The van der Waals surface area contributed by atoms with E-state index in [1.165, 1.54) is 18.1 Å². The van der Waals surface area contributed by atoms with Gasteiger partial charge in [-0.3, -0.25) is 4.99 Å². The average Bonchev–Trinajstić information content (AvgIpc) is 3.20. The predicted molar refractivity (Wildman–Crippen MR) is 145 cm³/mol. The van der Waals surface area contributed by atoms with E-state index in [9.17, 15) is 9.50 Å². The van der Waals surface area contributed by atoms with Crippen molar-refractivity contribution in [3.05, 3.63) is 41.7 Å². The third-order valence-corrected chi connectivity index (χ3v) is 7.46. The van der Waals surface area contributed by atoms with Crippen molar-refractivity contribution in [3.8, 4) is 0 Å². The molecule has 1 unspecified atom stereocenters. The fourth-order valence-electron chi connectivity index (χ4n) is 5.45. The summed E-state index contributed by atoms with van der Waals surface area (Å²) in [5, 5.41) is 13.4. The van der Waals surface area contributed by atoms with Gasteiger partial charge in [-0.15, -0.1) is 0 Å². The number of hydrogen-bond acceptors (Lipinski definition) is 9. The van der Waals surface area contributed by atoms with E-state index in [4.69, 9.17) is 15.3 Å². The Kier molecular flexibility index (Phi) is 10.9. The van der Waals surface area contributed by atoms with Crippen LogP contribution >= 0.6 is 0 Å². The first-order chi connectivity index (χ1) is 17.8. The van der Waals surface area contributed by atoms with Gasteiger partial charge in [-0.1, -0.05) is 19.1 Å².